The van der Waals surface area contributed by atoms with Gasteiger partial charge in [-0.3, -0.25) is 9.59 Å². The predicted molar refractivity (Wildman–Crippen MR) is 125 cm³/mol. The first-order chi connectivity index (χ1) is 15.3. The van der Waals surface area contributed by atoms with Crippen molar-refractivity contribution in [3.05, 3.63) is 90.5 Å². The molecule has 0 aliphatic heterocycles. The summed E-state index contributed by atoms with van der Waals surface area (Å²) in [6.45, 7) is 1.85. The Bertz CT molecular complexity index is 1150. The Kier molecular flexibility index (Phi) is 7.75. The lowest BCUT2D eigenvalue weighted by molar-refractivity contribution is -0.118. The van der Waals surface area contributed by atoms with E-state index in [1.165, 1.54) is 12.1 Å². The minimum atomic E-state index is -3.96. The van der Waals surface area contributed by atoms with E-state index in [2.05, 4.69) is 15.4 Å². The van der Waals surface area contributed by atoms with E-state index in [1.807, 2.05) is 13.0 Å². The first kappa shape index (κ1) is 23.2. The summed E-state index contributed by atoms with van der Waals surface area (Å²) in [5.41, 5.74) is 2.08. The maximum atomic E-state index is 12.9. The molecule has 166 valence electrons. The molecule has 7 nitrogen and oxygen atoms in total. The fraction of sp³-hybridized carbons (Fsp3) is 0.167. The molecular formula is C24H25N3O4S. The van der Waals surface area contributed by atoms with Crippen molar-refractivity contribution in [2.24, 2.45) is 0 Å². The number of sulfonamides is 1. The van der Waals surface area contributed by atoms with Gasteiger partial charge in [-0.15, -0.1) is 0 Å². The molecule has 0 aromatic heterocycles. The van der Waals surface area contributed by atoms with E-state index in [-0.39, 0.29) is 23.6 Å². The second kappa shape index (κ2) is 10.7. The van der Waals surface area contributed by atoms with Crippen molar-refractivity contribution < 1.29 is 18.0 Å². The Balaban J connectivity index is 1.73. The number of hydrogen-bond acceptors (Lipinski definition) is 4. The van der Waals surface area contributed by atoms with E-state index >= 15 is 0 Å². The molecular weight excluding hydrogens is 426 g/mol. The lowest BCUT2D eigenvalue weighted by Gasteiger charge is -2.19. The molecule has 0 heterocycles. The average Bonchev–Trinajstić information content (AvgIpc) is 2.78. The summed E-state index contributed by atoms with van der Waals surface area (Å²) >= 11 is 0. The van der Waals surface area contributed by atoms with Gasteiger partial charge in [0.15, 0.2) is 0 Å². The Morgan fingerprint density at radius 3 is 1.88 bits per heavy atom. The van der Waals surface area contributed by atoms with E-state index in [1.54, 1.807) is 66.7 Å². The standard InChI is InChI=1S/C24H25N3O4S/c1-18-12-14-21(15-13-18)32(30,31)27-22(24(29)26-20-10-6-3-7-11-20)16-17-23(28)25-19-8-4-2-5-9-19/h2-15,22,27H,16-17H2,1H3,(H,25,28)(H,26,29). The molecule has 0 bridgehead atoms. The molecule has 1 atom stereocenters. The van der Waals surface area contributed by atoms with E-state index < -0.39 is 22.0 Å². The number of para-hydroxylation sites is 2. The van der Waals surface area contributed by atoms with Crippen molar-refractivity contribution in [1.29, 1.82) is 0 Å². The van der Waals surface area contributed by atoms with Gasteiger partial charge in [0.25, 0.3) is 0 Å². The van der Waals surface area contributed by atoms with Gasteiger partial charge in [-0.1, -0.05) is 54.1 Å². The molecule has 1 unspecified atom stereocenters. The number of carbonyl (C=O) groups excluding carboxylic acids is 2. The van der Waals surface area contributed by atoms with Crippen LogP contribution in [0.3, 0.4) is 0 Å². The topological polar surface area (TPSA) is 104 Å². The van der Waals surface area contributed by atoms with Crippen LogP contribution in [0.1, 0.15) is 18.4 Å². The monoisotopic (exact) mass is 451 g/mol. The van der Waals surface area contributed by atoms with Gasteiger partial charge >= 0.3 is 0 Å². The third kappa shape index (κ3) is 6.76. The predicted octanol–water partition coefficient (Wildman–Crippen LogP) is 3.70. The van der Waals surface area contributed by atoms with Crippen LogP contribution in [0.2, 0.25) is 0 Å². The highest BCUT2D eigenvalue weighted by Gasteiger charge is 2.26. The molecule has 0 spiro atoms. The third-order valence-electron chi connectivity index (χ3n) is 4.70. The molecule has 3 aromatic carbocycles. The van der Waals surface area contributed by atoms with Crippen molar-refractivity contribution >= 4 is 33.2 Å². The molecule has 0 fully saturated rings. The van der Waals surface area contributed by atoms with Crippen molar-refractivity contribution in [2.45, 2.75) is 30.7 Å². The van der Waals surface area contributed by atoms with Crippen LogP contribution < -0.4 is 15.4 Å². The zero-order valence-corrected chi connectivity index (χ0v) is 18.4. The molecule has 3 aromatic rings. The molecule has 0 aliphatic carbocycles. The van der Waals surface area contributed by atoms with E-state index in [0.717, 1.165) is 5.56 Å². The number of benzene rings is 3. The average molecular weight is 452 g/mol. The number of hydrogen-bond donors (Lipinski definition) is 3. The van der Waals surface area contributed by atoms with Crippen LogP contribution >= 0.6 is 0 Å². The summed E-state index contributed by atoms with van der Waals surface area (Å²) in [6, 6.07) is 22.8. The molecule has 8 heteroatoms. The van der Waals surface area contributed by atoms with Gasteiger partial charge in [-0.25, -0.2) is 8.42 Å². The van der Waals surface area contributed by atoms with E-state index in [9.17, 15) is 18.0 Å². The van der Waals surface area contributed by atoms with Gasteiger partial charge in [-0.2, -0.15) is 4.72 Å². The summed E-state index contributed by atoms with van der Waals surface area (Å²) in [7, 11) is -3.96. The molecule has 32 heavy (non-hydrogen) atoms. The lowest BCUT2D eigenvalue weighted by Crippen LogP contribution is -2.44. The second-order valence-electron chi connectivity index (χ2n) is 7.30. The highest BCUT2D eigenvalue weighted by atomic mass is 32.2. The zero-order valence-electron chi connectivity index (χ0n) is 17.6. The number of carbonyl (C=O) groups is 2. The van der Waals surface area contributed by atoms with Gasteiger partial charge < -0.3 is 10.6 Å². The maximum Gasteiger partial charge on any atom is 0.242 e. The van der Waals surface area contributed by atoms with Crippen LogP contribution in [-0.2, 0) is 19.6 Å². The fourth-order valence-electron chi connectivity index (χ4n) is 2.99. The van der Waals surface area contributed by atoms with Gasteiger partial charge in [0.05, 0.1) is 4.90 Å². The summed E-state index contributed by atoms with van der Waals surface area (Å²) in [6.07, 6.45) is -0.0549. The highest BCUT2D eigenvalue weighted by Crippen LogP contribution is 2.14. The molecule has 3 rings (SSSR count). The number of anilines is 2. The molecule has 0 aliphatic rings. The molecule has 0 radical (unpaired) electrons. The minimum absolute atomic E-state index is 0.0115. The molecule has 0 saturated heterocycles. The Labute approximate surface area is 187 Å². The lowest BCUT2D eigenvalue weighted by atomic mass is 10.1. The quantitative estimate of drug-likeness (QED) is 0.461. The van der Waals surface area contributed by atoms with Crippen LogP contribution in [0, 0.1) is 6.92 Å². The van der Waals surface area contributed by atoms with Gasteiger partial charge in [0, 0.05) is 17.8 Å². The van der Waals surface area contributed by atoms with Gasteiger partial charge in [-0.05, 0) is 49.7 Å². The summed E-state index contributed by atoms with van der Waals surface area (Å²) < 4.78 is 28.2. The van der Waals surface area contributed by atoms with Crippen LogP contribution in [0.25, 0.3) is 0 Å². The number of aryl methyl sites for hydroxylation is 1. The minimum Gasteiger partial charge on any atom is -0.326 e. The summed E-state index contributed by atoms with van der Waals surface area (Å²) in [5, 5.41) is 5.44. The first-order valence-electron chi connectivity index (χ1n) is 10.1. The summed E-state index contributed by atoms with van der Waals surface area (Å²) in [5.74, 6) is -0.859. The Morgan fingerprint density at radius 1 is 0.781 bits per heavy atom. The Morgan fingerprint density at radius 2 is 1.31 bits per heavy atom. The number of rotatable bonds is 9. The van der Waals surface area contributed by atoms with Gasteiger partial charge in [0.2, 0.25) is 21.8 Å². The van der Waals surface area contributed by atoms with Crippen LogP contribution in [0.5, 0.6) is 0 Å². The normalized spacial score (nSPS) is 12.0. The van der Waals surface area contributed by atoms with Crippen LogP contribution in [0.4, 0.5) is 11.4 Å². The van der Waals surface area contributed by atoms with Crippen molar-refractivity contribution in [1.82, 2.24) is 4.72 Å². The SMILES string of the molecule is Cc1ccc(S(=O)(=O)NC(CCC(=O)Nc2ccccc2)C(=O)Nc2ccccc2)cc1. The maximum absolute atomic E-state index is 12.9. The number of amides is 2. The molecule has 3 N–H and O–H groups in total. The van der Waals surface area contributed by atoms with Crippen LogP contribution in [0.15, 0.2) is 89.8 Å². The fourth-order valence-corrected chi connectivity index (χ4v) is 4.22. The van der Waals surface area contributed by atoms with Gasteiger partial charge in [0.1, 0.15) is 6.04 Å². The second-order valence-corrected chi connectivity index (χ2v) is 9.01. The summed E-state index contributed by atoms with van der Waals surface area (Å²) in [4.78, 5) is 25.3. The van der Waals surface area contributed by atoms with E-state index in [4.69, 9.17) is 0 Å². The highest BCUT2D eigenvalue weighted by molar-refractivity contribution is 7.89. The largest absolute Gasteiger partial charge is 0.326 e. The third-order valence-corrected chi connectivity index (χ3v) is 6.19. The van der Waals surface area contributed by atoms with E-state index in [0.29, 0.717) is 11.4 Å². The molecule has 2 amide bonds. The number of nitrogens with one attached hydrogen (secondary N) is 3. The van der Waals surface area contributed by atoms with Crippen molar-refractivity contribution in [3.8, 4) is 0 Å². The zero-order chi connectivity index (χ0) is 23.0. The first-order valence-corrected chi connectivity index (χ1v) is 11.6. The van der Waals surface area contributed by atoms with Crippen molar-refractivity contribution in [3.63, 3.8) is 0 Å². The Hall–Kier alpha value is -3.49. The van der Waals surface area contributed by atoms with Crippen molar-refractivity contribution in [2.75, 3.05) is 10.6 Å². The smallest absolute Gasteiger partial charge is 0.242 e. The molecule has 0 saturated carbocycles. The van der Waals surface area contributed by atoms with Crippen LogP contribution in [-0.4, -0.2) is 26.3 Å².